The van der Waals surface area contributed by atoms with E-state index in [2.05, 4.69) is 70.5 Å². The van der Waals surface area contributed by atoms with Crippen molar-refractivity contribution in [1.29, 1.82) is 0 Å². The molecule has 0 bridgehead atoms. The quantitative estimate of drug-likeness (QED) is 0.400. The van der Waals surface area contributed by atoms with Crippen molar-refractivity contribution in [2.24, 2.45) is 0 Å². The number of pyridine rings is 1. The number of fused-ring (bicyclic) bond motifs is 2. The molecule has 0 atom stereocenters. The molecule has 0 amide bonds. The van der Waals surface area contributed by atoms with E-state index >= 15 is 0 Å². The number of hydrogen-bond donors (Lipinski definition) is 0. The molecule has 2 heteroatoms. The number of para-hydroxylation sites is 2. The maximum absolute atomic E-state index is 4.78. The van der Waals surface area contributed by atoms with Gasteiger partial charge in [0.25, 0.3) is 0 Å². The molecule has 0 fully saturated rings. The lowest BCUT2D eigenvalue weighted by Crippen LogP contribution is -1.89. The summed E-state index contributed by atoms with van der Waals surface area (Å²) >= 11 is 3.68. The normalized spacial score (nSPS) is 11.1. The number of benzene rings is 3. The van der Waals surface area contributed by atoms with Crippen LogP contribution in [0.5, 0.6) is 0 Å². The molecule has 0 saturated carbocycles. The van der Waals surface area contributed by atoms with E-state index in [9.17, 15) is 0 Å². The van der Waals surface area contributed by atoms with Crippen LogP contribution in [0.2, 0.25) is 0 Å². The van der Waals surface area contributed by atoms with Crippen molar-refractivity contribution in [2.45, 2.75) is 0 Å². The molecule has 0 saturated heterocycles. The van der Waals surface area contributed by atoms with Crippen LogP contribution < -0.4 is 0 Å². The van der Waals surface area contributed by atoms with Gasteiger partial charge in [-0.1, -0.05) is 70.5 Å². The average Bonchev–Trinajstić information content (AvgIpc) is 2.53. The number of nitrogens with zero attached hydrogens (tertiary/aromatic N) is 1. The first-order chi connectivity index (χ1) is 10.3. The fourth-order valence-electron chi connectivity index (χ4n) is 2.79. The first kappa shape index (κ1) is 12.5. The summed E-state index contributed by atoms with van der Waals surface area (Å²) in [5, 5.41) is 2.37. The standard InChI is InChI=1S/C19H12BrN/c20-16-10-4-1-7-13(16)19-14-8-2-5-11-17(14)21-18-12-6-3-9-15(18)19/h1-12H. The summed E-state index contributed by atoms with van der Waals surface area (Å²) in [5.41, 5.74) is 4.50. The second-order valence-electron chi connectivity index (χ2n) is 5.00. The molecule has 0 spiro atoms. The molecule has 100 valence electrons. The Bertz CT molecular complexity index is 906. The predicted molar refractivity (Wildman–Crippen MR) is 92.4 cm³/mol. The topological polar surface area (TPSA) is 12.9 Å². The van der Waals surface area contributed by atoms with E-state index in [0.29, 0.717) is 0 Å². The van der Waals surface area contributed by atoms with Gasteiger partial charge in [0, 0.05) is 20.8 Å². The highest BCUT2D eigenvalue weighted by Crippen LogP contribution is 2.37. The highest BCUT2D eigenvalue weighted by Gasteiger charge is 2.12. The summed E-state index contributed by atoms with van der Waals surface area (Å²) in [6.07, 6.45) is 0. The Balaban J connectivity index is 2.25. The van der Waals surface area contributed by atoms with Crippen LogP contribution in [0, 0.1) is 0 Å². The minimum absolute atomic E-state index is 1.03. The van der Waals surface area contributed by atoms with E-state index in [1.54, 1.807) is 0 Å². The Morgan fingerprint density at radius 2 is 1.14 bits per heavy atom. The van der Waals surface area contributed by atoms with E-state index in [0.717, 1.165) is 15.5 Å². The second kappa shape index (κ2) is 4.97. The number of aromatic nitrogens is 1. The first-order valence-corrected chi connectivity index (χ1v) is 7.66. The van der Waals surface area contributed by atoms with E-state index in [1.807, 2.05) is 18.2 Å². The van der Waals surface area contributed by atoms with Gasteiger partial charge < -0.3 is 0 Å². The van der Waals surface area contributed by atoms with Gasteiger partial charge in [-0.05, 0) is 23.8 Å². The molecular formula is C19H12BrN. The summed E-state index contributed by atoms with van der Waals surface area (Å²) in [6.45, 7) is 0. The molecule has 4 aromatic rings. The van der Waals surface area contributed by atoms with Gasteiger partial charge in [0.15, 0.2) is 0 Å². The van der Waals surface area contributed by atoms with Gasteiger partial charge in [-0.15, -0.1) is 0 Å². The van der Waals surface area contributed by atoms with Crippen molar-refractivity contribution in [3.63, 3.8) is 0 Å². The molecular weight excluding hydrogens is 322 g/mol. The summed E-state index contributed by atoms with van der Waals surface area (Å²) in [6, 6.07) is 25.0. The maximum atomic E-state index is 4.78. The fraction of sp³-hybridized carbons (Fsp3) is 0. The largest absolute Gasteiger partial charge is 0.248 e. The number of hydrogen-bond acceptors (Lipinski definition) is 1. The highest BCUT2D eigenvalue weighted by molar-refractivity contribution is 9.10. The SMILES string of the molecule is Brc1ccccc1-c1c2ccccc2nc2ccccc12. The zero-order valence-corrected chi connectivity index (χ0v) is 12.8. The molecule has 3 aromatic carbocycles. The van der Waals surface area contributed by atoms with Crippen LogP contribution >= 0.6 is 15.9 Å². The third-order valence-corrected chi connectivity index (χ3v) is 4.42. The van der Waals surface area contributed by atoms with Crippen molar-refractivity contribution in [2.75, 3.05) is 0 Å². The highest BCUT2D eigenvalue weighted by atomic mass is 79.9. The van der Waals surface area contributed by atoms with Crippen molar-refractivity contribution >= 4 is 37.7 Å². The van der Waals surface area contributed by atoms with Crippen molar-refractivity contribution in [3.05, 3.63) is 77.3 Å². The van der Waals surface area contributed by atoms with E-state index in [-0.39, 0.29) is 0 Å². The van der Waals surface area contributed by atoms with Crippen LogP contribution in [0.1, 0.15) is 0 Å². The zero-order valence-electron chi connectivity index (χ0n) is 11.3. The lowest BCUT2D eigenvalue weighted by atomic mass is 9.96. The molecule has 0 aliphatic heterocycles. The van der Waals surface area contributed by atoms with Gasteiger partial charge in [0.1, 0.15) is 0 Å². The average molecular weight is 334 g/mol. The zero-order chi connectivity index (χ0) is 14.2. The Kier molecular flexibility index (Phi) is 2.97. The van der Waals surface area contributed by atoms with E-state index < -0.39 is 0 Å². The fourth-order valence-corrected chi connectivity index (χ4v) is 3.28. The Hall–Kier alpha value is -2.19. The van der Waals surface area contributed by atoms with Gasteiger partial charge in [0.2, 0.25) is 0 Å². The lowest BCUT2D eigenvalue weighted by Gasteiger charge is -2.12. The summed E-state index contributed by atoms with van der Waals surface area (Å²) < 4.78 is 1.10. The third kappa shape index (κ3) is 2.03. The van der Waals surface area contributed by atoms with Gasteiger partial charge >= 0.3 is 0 Å². The van der Waals surface area contributed by atoms with Crippen LogP contribution in [-0.4, -0.2) is 4.98 Å². The molecule has 0 aliphatic rings. The maximum Gasteiger partial charge on any atom is 0.0715 e. The molecule has 4 rings (SSSR count). The molecule has 0 aliphatic carbocycles. The number of rotatable bonds is 1. The Morgan fingerprint density at radius 3 is 1.76 bits per heavy atom. The summed E-state index contributed by atoms with van der Waals surface area (Å²) in [7, 11) is 0. The van der Waals surface area contributed by atoms with Gasteiger partial charge in [0.05, 0.1) is 11.0 Å². The van der Waals surface area contributed by atoms with Gasteiger partial charge in [-0.3, -0.25) is 0 Å². The molecule has 21 heavy (non-hydrogen) atoms. The first-order valence-electron chi connectivity index (χ1n) is 6.87. The molecule has 0 radical (unpaired) electrons. The predicted octanol–water partition coefficient (Wildman–Crippen LogP) is 5.82. The van der Waals surface area contributed by atoms with Gasteiger partial charge in [-0.2, -0.15) is 0 Å². The molecule has 1 heterocycles. The monoisotopic (exact) mass is 333 g/mol. The Labute approximate surface area is 131 Å². The lowest BCUT2D eigenvalue weighted by molar-refractivity contribution is 1.49. The molecule has 0 unspecified atom stereocenters. The molecule has 1 aromatic heterocycles. The van der Waals surface area contributed by atoms with Crippen LogP contribution in [0.15, 0.2) is 77.3 Å². The summed E-state index contributed by atoms with van der Waals surface area (Å²) in [5.74, 6) is 0. The molecule has 1 nitrogen and oxygen atoms in total. The number of halogens is 1. The second-order valence-corrected chi connectivity index (χ2v) is 5.86. The van der Waals surface area contributed by atoms with Crippen molar-refractivity contribution in [3.8, 4) is 11.1 Å². The minimum Gasteiger partial charge on any atom is -0.248 e. The minimum atomic E-state index is 1.03. The summed E-state index contributed by atoms with van der Waals surface area (Å²) in [4.78, 5) is 4.78. The van der Waals surface area contributed by atoms with Crippen LogP contribution in [0.3, 0.4) is 0 Å². The van der Waals surface area contributed by atoms with Crippen LogP contribution in [-0.2, 0) is 0 Å². The van der Waals surface area contributed by atoms with Gasteiger partial charge in [-0.25, -0.2) is 4.98 Å². The Morgan fingerprint density at radius 1 is 0.619 bits per heavy atom. The smallest absolute Gasteiger partial charge is 0.0715 e. The van der Waals surface area contributed by atoms with Crippen LogP contribution in [0.4, 0.5) is 0 Å². The van der Waals surface area contributed by atoms with Crippen molar-refractivity contribution < 1.29 is 0 Å². The van der Waals surface area contributed by atoms with E-state index in [1.165, 1.54) is 21.9 Å². The third-order valence-electron chi connectivity index (χ3n) is 3.73. The van der Waals surface area contributed by atoms with Crippen molar-refractivity contribution in [1.82, 2.24) is 4.98 Å². The van der Waals surface area contributed by atoms with E-state index in [4.69, 9.17) is 4.98 Å². The molecule has 0 N–H and O–H groups in total. The van der Waals surface area contributed by atoms with Crippen LogP contribution in [0.25, 0.3) is 32.9 Å².